The Morgan fingerprint density at radius 2 is 1.74 bits per heavy atom. The van der Waals surface area contributed by atoms with Crippen LogP contribution in [0.4, 0.5) is 5.82 Å². The summed E-state index contributed by atoms with van der Waals surface area (Å²) in [4.78, 5) is 17.7. The van der Waals surface area contributed by atoms with Gasteiger partial charge in [0.25, 0.3) is 0 Å². The lowest BCUT2D eigenvalue weighted by molar-refractivity contribution is 0.312. The molecular weight excluding hydrogens is 286 g/mol. The van der Waals surface area contributed by atoms with E-state index in [1.807, 2.05) is 18.2 Å². The van der Waals surface area contributed by atoms with E-state index in [2.05, 4.69) is 47.0 Å². The van der Waals surface area contributed by atoms with Crippen LogP contribution in [0, 0.1) is 6.92 Å². The summed E-state index contributed by atoms with van der Waals surface area (Å²) >= 11 is 0. The highest BCUT2D eigenvalue weighted by Crippen LogP contribution is 2.28. The lowest BCUT2D eigenvalue weighted by Crippen LogP contribution is -2.44. The minimum atomic E-state index is 0.786. The van der Waals surface area contributed by atoms with E-state index >= 15 is 0 Å². The summed E-state index contributed by atoms with van der Waals surface area (Å²) in [5, 5.41) is 1.12. The van der Waals surface area contributed by atoms with Crippen molar-refractivity contribution in [2.45, 2.75) is 6.92 Å². The van der Waals surface area contributed by atoms with Crippen molar-refractivity contribution >= 4 is 16.9 Å². The number of rotatable bonds is 2. The standard InChI is InChI=1S/C18H21N5/c1-13-12-15-17(19-13)20-16(14-6-4-3-5-7-14)21-18(15)23-10-8-22(2)9-11-23/h3-7,12H,8-11H2,1-2H3,(H,19,20,21). The fourth-order valence-corrected chi connectivity index (χ4v) is 3.10. The maximum absolute atomic E-state index is 4.91. The first-order chi connectivity index (χ1) is 11.2. The van der Waals surface area contributed by atoms with Crippen molar-refractivity contribution in [2.75, 3.05) is 38.1 Å². The number of aromatic nitrogens is 3. The largest absolute Gasteiger partial charge is 0.353 e. The number of nitrogens with zero attached hydrogens (tertiary/aromatic N) is 4. The highest BCUT2D eigenvalue weighted by atomic mass is 15.3. The fraction of sp³-hybridized carbons (Fsp3) is 0.333. The molecule has 5 heteroatoms. The van der Waals surface area contributed by atoms with E-state index in [0.29, 0.717) is 0 Å². The Morgan fingerprint density at radius 3 is 2.48 bits per heavy atom. The van der Waals surface area contributed by atoms with Crippen LogP contribution in [0.1, 0.15) is 5.69 Å². The lowest BCUT2D eigenvalue weighted by atomic mass is 10.2. The Labute approximate surface area is 136 Å². The zero-order valence-electron chi connectivity index (χ0n) is 13.6. The molecule has 0 bridgehead atoms. The average molecular weight is 307 g/mol. The number of piperazine rings is 1. The number of benzene rings is 1. The second-order valence-corrected chi connectivity index (χ2v) is 6.24. The first-order valence-electron chi connectivity index (χ1n) is 8.07. The third-order valence-corrected chi connectivity index (χ3v) is 4.44. The van der Waals surface area contributed by atoms with E-state index in [-0.39, 0.29) is 0 Å². The molecule has 5 nitrogen and oxygen atoms in total. The monoisotopic (exact) mass is 307 g/mol. The second-order valence-electron chi connectivity index (χ2n) is 6.24. The molecule has 23 heavy (non-hydrogen) atoms. The molecule has 4 rings (SSSR count). The van der Waals surface area contributed by atoms with Crippen molar-refractivity contribution in [2.24, 2.45) is 0 Å². The number of aryl methyl sites for hydroxylation is 1. The van der Waals surface area contributed by atoms with Crippen LogP contribution in [-0.2, 0) is 0 Å². The number of H-pyrrole nitrogens is 1. The predicted octanol–water partition coefficient (Wildman–Crippen LogP) is 2.69. The van der Waals surface area contributed by atoms with Crippen LogP contribution < -0.4 is 4.90 Å². The van der Waals surface area contributed by atoms with Gasteiger partial charge < -0.3 is 14.8 Å². The van der Waals surface area contributed by atoms with E-state index in [1.165, 1.54) is 0 Å². The third-order valence-electron chi connectivity index (χ3n) is 4.44. The SMILES string of the molecule is Cc1cc2c(N3CCN(C)CC3)nc(-c3ccccc3)nc2[nH]1. The lowest BCUT2D eigenvalue weighted by Gasteiger charge is -2.33. The Kier molecular flexibility index (Phi) is 3.50. The van der Waals surface area contributed by atoms with Crippen LogP contribution in [0.3, 0.4) is 0 Å². The Balaban J connectivity index is 1.84. The first-order valence-corrected chi connectivity index (χ1v) is 8.07. The minimum absolute atomic E-state index is 0.786. The summed E-state index contributed by atoms with van der Waals surface area (Å²) in [6, 6.07) is 12.3. The highest BCUT2D eigenvalue weighted by molar-refractivity contribution is 5.90. The maximum atomic E-state index is 4.91. The van der Waals surface area contributed by atoms with Gasteiger partial charge in [-0.1, -0.05) is 30.3 Å². The number of aromatic amines is 1. The summed E-state index contributed by atoms with van der Waals surface area (Å²) in [5.41, 5.74) is 3.09. The van der Waals surface area contributed by atoms with Gasteiger partial charge in [0.2, 0.25) is 0 Å². The van der Waals surface area contributed by atoms with E-state index in [9.17, 15) is 0 Å². The molecule has 0 unspecified atom stereocenters. The molecule has 0 saturated carbocycles. The van der Waals surface area contributed by atoms with Crippen LogP contribution >= 0.6 is 0 Å². The zero-order valence-corrected chi connectivity index (χ0v) is 13.6. The number of hydrogen-bond donors (Lipinski definition) is 1. The van der Waals surface area contributed by atoms with Crippen LogP contribution in [0.25, 0.3) is 22.4 Å². The second kappa shape index (κ2) is 5.66. The number of nitrogens with one attached hydrogen (secondary N) is 1. The third kappa shape index (κ3) is 2.68. The Morgan fingerprint density at radius 1 is 1.00 bits per heavy atom. The van der Waals surface area contributed by atoms with Gasteiger partial charge in [0.05, 0.1) is 5.39 Å². The molecule has 0 spiro atoms. The van der Waals surface area contributed by atoms with Crippen molar-refractivity contribution < 1.29 is 0 Å². The maximum Gasteiger partial charge on any atom is 0.163 e. The van der Waals surface area contributed by atoms with Crippen molar-refractivity contribution in [3.05, 3.63) is 42.1 Å². The summed E-state index contributed by atoms with van der Waals surface area (Å²) in [5.74, 6) is 1.83. The van der Waals surface area contributed by atoms with Crippen LogP contribution in [-0.4, -0.2) is 53.1 Å². The van der Waals surface area contributed by atoms with E-state index in [4.69, 9.17) is 9.97 Å². The molecule has 1 fully saturated rings. The van der Waals surface area contributed by atoms with Gasteiger partial charge in [-0.25, -0.2) is 9.97 Å². The quantitative estimate of drug-likeness (QED) is 0.791. The van der Waals surface area contributed by atoms with Crippen LogP contribution in [0.2, 0.25) is 0 Å². The van der Waals surface area contributed by atoms with Crippen molar-refractivity contribution in [3.63, 3.8) is 0 Å². The van der Waals surface area contributed by atoms with Crippen LogP contribution in [0.15, 0.2) is 36.4 Å². The molecule has 1 N–H and O–H groups in total. The molecule has 1 aromatic carbocycles. The number of anilines is 1. The van der Waals surface area contributed by atoms with Crippen molar-refractivity contribution in [1.29, 1.82) is 0 Å². The van der Waals surface area contributed by atoms with Crippen molar-refractivity contribution in [1.82, 2.24) is 19.9 Å². The van der Waals surface area contributed by atoms with Gasteiger partial charge in [0.1, 0.15) is 11.5 Å². The molecule has 0 atom stereocenters. The molecule has 0 radical (unpaired) electrons. The Bertz CT molecular complexity index is 816. The van der Waals surface area contributed by atoms with Gasteiger partial charge in [-0.2, -0.15) is 0 Å². The molecule has 1 saturated heterocycles. The molecule has 0 aliphatic carbocycles. The van der Waals surface area contributed by atoms with Gasteiger partial charge in [-0.3, -0.25) is 0 Å². The van der Waals surface area contributed by atoms with E-state index in [0.717, 1.165) is 60.1 Å². The summed E-state index contributed by atoms with van der Waals surface area (Å²) in [7, 11) is 2.17. The van der Waals surface area contributed by atoms with Gasteiger partial charge in [-0.05, 0) is 20.0 Å². The molecule has 2 aromatic heterocycles. The van der Waals surface area contributed by atoms with Gasteiger partial charge in [0.15, 0.2) is 5.82 Å². The molecule has 118 valence electrons. The summed E-state index contributed by atoms with van der Waals surface area (Å²) in [6.45, 7) is 6.20. The smallest absolute Gasteiger partial charge is 0.163 e. The number of likely N-dealkylation sites (N-methyl/N-ethyl adjacent to an activating group) is 1. The number of hydrogen-bond acceptors (Lipinski definition) is 4. The van der Waals surface area contributed by atoms with Crippen LogP contribution in [0.5, 0.6) is 0 Å². The Hall–Kier alpha value is -2.40. The topological polar surface area (TPSA) is 48.1 Å². The fourth-order valence-electron chi connectivity index (χ4n) is 3.10. The summed E-state index contributed by atoms with van der Waals surface area (Å²) in [6.07, 6.45) is 0. The minimum Gasteiger partial charge on any atom is -0.353 e. The van der Waals surface area contributed by atoms with Gasteiger partial charge in [0, 0.05) is 37.4 Å². The molecule has 1 aliphatic heterocycles. The zero-order chi connectivity index (χ0) is 15.8. The average Bonchev–Trinajstić information content (AvgIpc) is 2.96. The first kappa shape index (κ1) is 14.2. The normalized spacial score (nSPS) is 16.2. The number of fused-ring (bicyclic) bond motifs is 1. The molecule has 0 amide bonds. The molecule has 1 aliphatic rings. The van der Waals surface area contributed by atoms with E-state index < -0.39 is 0 Å². The predicted molar refractivity (Wildman–Crippen MR) is 93.8 cm³/mol. The molecule has 3 heterocycles. The van der Waals surface area contributed by atoms with Crippen molar-refractivity contribution in [3.8, 4) is 11.4 Å². The molecule has 3 aromatic rings. The highest BCUT2D eigenvalue weighted by Gasteiger charge is 2.20. The summed E-state index contributed by atoms with van der Waals surface area (Å²) < 4.78 is 0. The van der Waals surface area contributed by atoms with E-state index in [1.54, 1.807) is 0 Å². The molecular formula is C18H21N5. The van der Waals surface area contributed by atoms with Gasteiger partial charge in [-0.15, -0.1) is 0 Å². The van der Waals surface area contributed by atoms with Gasteiger partial charge >= 0.3 is 0 Å².